The lowest BCUT2D eigenvalue weighted by Crippen LogP contribution is -2.44. The van der Waals surface area contributed by atoms with Crippen LogP contribution in [0.15, 0.2) is 42.5 Å². The summed E-state index contributed by atoms with van der Waals surface area (Å²) in [5.41, 5.74) is 3.94. The van der Waals surface area contributed by atoms with E-state index in [1.54, 1.807) is 0 Å². The Bertz CT molecular complexity index is 890. The molecule has 1 unspecified atom stereocenters. The van der Waals surface area contributed by atoms with Crippen molar-refractivity contribution in [3.8, 4) is 12.1 Å². The lowest BCUT2D eigenvalue weighted by molar-refractivity contribution is 0.501. The number of anilines is 1. The fourth-order valence-corrected chi connectivity index (χ4v) is 3.80. The average Bonchev–Trinajstić information content (AvgIpc) is 2.62. The number of benzene rings is 2. The van der Waals surface area contributed by atoms with Crippen molar-refractivity contribution < 1.29 is 0 Å². The number of likely N-dealkylation sites (N-methyl/N-ethyl adjacent to an activating group) is 1. The number of hydrogen-bond donors (Lipinski definition) is 0. The summed E-state index contributed by atoms with van der Waals surface area (Å²) >= 11 is 0. The number of fused-ring (bicyclic) bond motifs is 1. The fraction of sp³-hybridized carbons (Fsp3) is 0.391. The molecule has 26 heavy (non-hydrogen) atoms. The van der Waals surface area contributed by atoms with Crippen molar-refractivity contribution in [3.05, 3.63) is 64.7 Å². The summed E-state index contributed by atoms with van der Waals surface area (Å²) in [4.78, 5) is 2.17. The van der Waals surface area contributed by atoms with Crippen LogP contribution in [0.4, 0.5) is 5.69 Å². The third kappa shape index (κ3) is 2.74. The first kappa shape index (κ1) is 18.0. The Morgan fingerprint density at radius 2 is 1.65 bits per heavy atom. The molecule has 132 valence electrons. The zero-order chi connectivity index (χ0) is 19.1. The highest BCUT2D eigenvalue weighted by Gasteiger charge is 2.48. The number of hydrogen-bond acceptors (Lipinski definition) is 3. The highest BCUT2D eigenvalue weighted by molar-refractivity contribution is 5.67. The van der Waals surface area contributed by atoms with Crippen molar-refractivity contribution in [2.45, 2.75) is 44.4 Å². The van der Waals surface area contributed by atoms with Crippen LogP contribution >= 0.6 is 0 Å². The fourth-order valence-electron chi connectivity index (χ4n) is 3.80. The normalized spacial score (nSPS) is 18.6. The van der Waals surface area contributed by atoms with Crippen molar-refractivity contribution in [3.63, 3.8) is 0 Å². The third-order valence-electron chi connectivity index (χ3n) is 5.51. The summed E-state index contributed by atoms with van der Waals surface area (Å²) in [6, 6.07) is 19.2. The molecule has 0 spiro atoms. The maximum absolute atomic E-state index is 10.2. The summed E-state index contributed by atoms with van der Waals surface area (Å²) in [6.45, 7) is 9.15. The lowest BCUT2D eigenvalue weighted by atomic mass is 9.65. The van der Waals surface area contributed by atoms with Gasteiger partial charge in [-0.05, 0) is 29.5 Å². The summed E-state index contributed by atoms with van der Waals surface area (Å²) in [5, 5.41) is 20.3. The van der Waals surface area contributed by atoms with Gasteiger partial charge in [-0.2, -0.15) is 10.5 Å². The molecule has 0 bridgehead atoms. The van der Waals surface area contributed by atoms with Crippen LogP contribution in [0.1, 0.15) is 48.9 Å². The van der Waals surface area contributed by atoms with Crippen LogP contribution in [0.3, 0.4) is 0 Å². The first-order valence-corrected chi connectivity index (χ1v) is 8.98. The molecule has 1 heterocycles. The van der Waals surface area contributed by atoms with Crippen molar-refractivity contribution in [1.29, 1.82) is 10.5 Å². The first-order valence-electron chi connectivity index (χ1n) is 8.98. The molecule has 0 saturated heterocycles. The maximum atomic E-state index is 10.2. The largest absolute Gasteiger partial charge is 0.374 e. The second-order valence-electron chi connectivity index (χ2n) is 8.36. The molecule has 1 atom stereocenters. The topological polar surface area (TPSA) is 50.8 Å². The van der Waals surface area contributed by atoms with Gasteiger partial charge in [0.2, 0.25) is 0 Å². The standard InChI is InChI=1S/C23H25N3/c1-16-6-8-17(9-7-16)20-13-26(5)21-11-10-18(22(2,3)4)12-19(21)23(20,14-24)15-25/h6-12,20H,13H2,1-5H3. The minimum atomic E-state index is -1.18. The predicted molar refractivity (Wildman–Crippen MR) is 105 cm³/mol. The first-order chi connectivity index (χ1) is 12.2. The van der Waals surface area contributed by atoms with Gasteiger partial charge < -0.3 is 4.90 Å². The van der Waals surface area contributed by atoms with E-state index in [2.05, 4.69) is 80.3 Å². The minimum absolute atomic E-state index is 0.0406. The van der Waals surface area contributed by atoms with Crippen LogP contribution in [-0.2, 0) is 10.8 Å². The van der Waals surface area contributed by atoms with Crippen LogP contribution < -0.4 is 4.90 Å². The van der Waals surface area contributed by atoms with E-state index in [0.29, 0.717) is 6.54 Å². The van der Waals surface area contributed by atoms with Gasteiger partial charge in [0.15, 0.2) is 5.41 Å². The molecule has 3 nitrogen and oxygen atoms in total. The van der Waals surface area contributed by atoms with Crippen LogP contribution in [0.2, 0.25) is 0 Å². The van der Waals surface area contributed by atoms with Crippen LogP contribution in [-0.4, -0.2) is 13.6 Å². The van der Waals surface area contributed by atoms with Gasteiger partial charge in [-0.25, -0.2) is 0 Å². The number of rotatable bonds is 1. The molecular formula is C23H25N3. The predicted octanol–water partition coefficient (Wildman–Crippen LogP) is 4.81. The van der Waals surface area contributed by atoms with Gasteiger partial charge in [0.25, 0.3) is 0 Å². The highest BCUT2D eigenvalue weighted by atomic mass is 15.1. The van der Waals surface area contributed by atoms with Gasteiger partial charge in [0.1, 0.15) is 0 Å². The molecule has 0 amide bonds. The molecule has 0 aliphatic carbocycles. The Kier molecular flexibility index (Phi) is 4.29. The summed E-state index contributed by atoms with van der Waals surface area (Å²) in [6.07, 6.45) is 0. The number of nitriles is 2. The van der Waals surface area contributed by atoms with Gasteiger partial charge in [-0.3, -0.25) is 0 Å². The van der Waals surface area contributed by atoms with Gasteiger partial charge >= 0.3 is 0 Å². The molecule has 1 aliphatic rings. The highest BCUT2D eigenvalue weighted by Crippen LogP contribution is 2.48. The summed E-state index contributed by atoms with van der Waals surface area (Å²) < 4.78 is 0. The van der Waals surface area contributed by atoms with Crippen LogP contribution in [0.5, 0.6) is 0 Å². The second kappa shape index (κ2) is 6.19. The molecule has 3 rings (SSSR count). The van der Waals surface area contributed by atoms with Crippen LogP contribution in [0, 0.1) is 29.6 Å². The third-order valence-corrected chi connectivity index (χ3v) is 5.51. The Morgan fingerprint density at radius 1 is 1.04 bits per heavy atom. The summed E-state index contributed by atoms with van der Waals surface area (Å²) in [5.74, 6) is -0.189. The van der Waals surface area contributed by atoms with E-state index in [4.69, 9.17) is 0 Å². The molecule has 1 aliphatic heterocycles. The molecule has 2 aromatic rings. The van der Waals surface area contributed by atoms with Gasteiger partial charge in [-0.1, -0.05) is 62.7 Å². The van der Waals surface area contributed by atoms with Crippen molar-refractivity contribution in [2.75, 3.05) is 18.5 Å². The van der Waals surface area contributed by atoms with E-state index in [1.807, 2.05) is 14.0 Å². The smallest absolute Gasteiger partial charge is 0.179 e. The van der Waals surface area contributed by atoms with Gasteiger partial charge in [-0.15, -0.1) is 0 Å². The monoisotopic (exact) mass is 343 g/mol. The zero-order valence-corrected chi connectivity index (χ0v) is 16.2. The average molecular weight is 343 g/mol. The zero-order valence-electron chi connectivity index (χ0n) is 16.2. The minimum Gasteiger partial charge on any atom is -0.374 e. The summed E-state index contributed by atoms with van der Waals surface area (Å²) in [7, 11) is 2.04. The van der Waals surface area contributed by atoms with E-state index in [-0.39, 0.29) is 11.3 Å². The quantitative estimate of drug-likeness (QED) is 0.746. The Morgan fingerprint density at radius 3 is 2.19 bits per heavy atom. The molecule has 0 aromatic heterocycles. The van der Waals surface area contributed by atoms with E-state index < -0.39 is 5.41 Å². The van der Waals surface area contributed by atoms with E-state index in [1.165, 1.54) is 5.56 Å². The maximum Gasteiger partial charge on any atom is 0.179 e. The van der Waals surface area contributed by atoms with E-state index >= 15 is 0 Å². The lowest BCUT2D eigenvalue weighted by Gasteiger charge is -2.42. The Labute approximate surface area is 156 Å². The molecule has 3 heteroatoms. The molecular weight excluding hydrogens is 318 g/mol. The SMILES string of the molecule is Cc1ccc(C2CN(C)c3ccc(C(C)(C)C)cc3C2(C#N)C#N)cc1. The Balaban J connectivity index is 2.25. The van der Waals surface area contributed by atoms with Crippen LogP contribution in [0.25, 0.3) is 0 Å². The van der Waals surface area contributed by atoms with E-state index in [0.717, 1.165) is 22.4 Å². The molecule has 0 N–H and O–H groups in total. The molecule has 0 fully saturated rings. The number of nitrogens with zero attached hydrogens (tertiary/aromatic N) is 3. The number of aryl methyl sites for hydroxylation is 1. The van der Waals surface area contributed by atoms with Gasteiger partial charge in [0, 0.05) is 30.8 Å². The second-order valence-corrected chi connectivity index (χ2v) is 8.36. The van der Waals surface area contributed by atoms with Crippen molar-refractivity contribution in [2.24, 2.45) is 0 Å². The van der Waals surface area contributed by atoms with Crippen molar-refractivity contribution >= 4 is 5.69 Å². The van der Waals surface area contributed by atoms with Crippen molar-refractivity contribution in [1.82, 2.24) is 0 Å². The van der Waals surface area contributed by atoms with Gasteiger partial charge in [0.05, 0.1) is 12.1 Å². The van der Waals surface area contributed by atoms with E-state index in [9.17, 15) is 10.5 Å². The molecule has 2 aromatic carbocycles. The molecule has 0 radical (unpaired) electrons. The molecule has 0 saturated carbocycles. The Hall–Kier alpha value is -2.78.